The molecule has 114 valence electrons. The van der Waals surface area contributed by atoms with Gasteiger partial charge in [-0.3, -0.25) is 0 Å². The molecule has 1 N–H and O–H groups in total. The second-order valence-corrected chi connectivity index (χ2v) is 7.99. The largest absolute Gasteiger partial charge is 0.316 e. The highest BCUT2D eigenvalue weighted by molar-refractivity contribution is 14.1. The molecule has 0 saturated carbocycles. The number of nitrogens with one attached hydrogen (secondary N) is 1. The Hall–Kier alpha value is -0.240. The molecule has 0 saturated heterocycles. The van der Waals surface area contributed by atoms with Crippen molar-refractivity contribution in [2.24, 2.45) is 5.92 Å². The third-order valence-corrected chi connectivity index (χ3v) is 5.11. The predicted octanol–water partition coefficient (Wildman–Crippen LogP) is 4.64. The minimum absolute atomic E-state index is 0.697. The van der Waals surface area contributed by atoms with Crippen molar-refractivity contribution in [1.82, 2.24) is 15.5 Å². The molecule has 0 bridgehead atoms. The highest BCUT2D eigenvalue weighted by atomic mass is 127. The first-order valence-electron chi connectivity index (χ1n) is 7.05. The standard InChI is InChI=1S/C15H19ClIN3S/c1-10(2)9-18-7-3-4-14-19-20-15(21-14)12-8-11(16)5-6-13(12)17/h5-6,8,10,18H,3-4,7,9H2,1-2H3. The van der Waals surface area contributed by atoms with Gasteiger partial charge in [-0.15, -0.1) is 10.2 Å². The van der Waals surface area contributed by atoms with Crippen molar-refractivity contribution in [3.8, 4) is 10.6 Å². The van der Waals surface area contributed by atoms with E-state index in [0.717, 1.165) is 50.1 Å². The third-order valence-electron chi connectivity index (χ3n) is 2.92. The number of halogens is 2. The van der Waals surface area contributed by atoms with E-state index in [1.807, 2.05) is 18.2 Å². The van der Waals surface area contributed by atoms with Crippen LogP contribution in [0, 0.1) is 9.49 Å². The first-order valence-corrected chi connectivity index (χ1v) is 9.32. The molecule has 1 aromatic heterocycles. The number of benzene rings is 1. The second-order valence-electron chi connectivity index (χ2n) is 5.33. The summed E-state index contributed by atoms with van der Waals surface area (Å²) in [7, 11) is 0. The minimum Gasteiger partial charge on any atom is -0.316 e. The summed E-state index contributed by atoms with van der Waals surface area (Å²) in [5, 5.41) is 14.8. The van der Waals surface area contributed by atoms with Crippen LogP contribution in [0.3, 0.4) is 0 Å². The van der Waals surface area contributed by atoms with E-state index in [-0.39, 0.29) is 0 Å². The smallest absolute Gasteiger partial charge is 0.148 e. The lowest BCUT2D eigenvalue weighted by Crippen LogP contribution is -2.21. The summed E-state index contributed by atoms with van der Waals surface area (Å²) in [5.74, 6) is 0.697. The molecule has 0 atom stereocenters. The number of aromatic nitrogens is 2. The SMILES string of the molecule is CC(C)CNCCCc1nnc(-c2cc(Cl)ccc2I)s1. The maximum atomic E-state index is 6.06. The maximum Gasteiger partial charge on any atom is 0.148 e. The van der Waals surface area contributed by atoms with E-state index >= 15 is 0 Å². The summed E-state index contributed by atoms with van der Waals surface area (Å²) in [6.45, 7) is 6.54. The highest BCUT2D eigenvalue weighted by Crippen LogP contribution is 2.30. The predicted molar refractivity (Wildman–Crippen MR) is 99.1 cm³/mol. The Labute approximate surface area is 148 Å². The minimum atomic E-state index is 0.697. The van der Waals surface area contributed by atoms with Crippen molar-refractivity contribution in [2.45, 2.75) is 26.7 Å². The van der Waals surface area contributed by atoms with E-state index in [9.17, 15) is 0 Å². The molecule has 6 heteroatoms. The summed E-state index contributed by atoms with van der Waals surface area (Å²) in [6.07, 6.45) is 2.06. The van der Waals surface area contributed by atoms with Gasteiger partial charge in [-0.2, -0.15) is 0 Å². The van der Waals surface area contributed by atoms with Gasteiger partial charge in [0.2, 0.25) is 0 Å². The molecular weight excluding hydrogens is 417 g/mol. The molecule has 0 fully saturated rings. The second kappa shape index (κ2) is 8.41. The van der Waals surface area contributed by atoms with Crippen molar-refractivity contribution in [2.75, 3.05) is 13.1 Å². The van der Waals surface area contributed by atoms with E-state index < -0.39 is 0 Å². The number of aryl methyl sites for hydroxylation is 1. The molecule has 1 aromatic carbocycles. The molecule has 0 amide bonds. The molecule has 0 aliphatic rings. The molecule has 21 heavy (non-hydrogen) atoms. The molecule has 3 nitrogen and oxygen atoms in total. The van der Waals surface area contributed by atoms with Gasteiger partial charge in [0, 0.05) is 20.6 Å². The average Bonchev–Trinajstić information content (AvgIpc) is 2.89. The van der Waals surface area contributed by atoms with Crippen molar-refractivity contribution >= 4 is 45.5 Å². The zero-order chi connectivity index (χ0) is 15.2. The maximum absolute atomic E-state index is 6.06. The first kappa shape index (κ1) is 17.1. The Kier molecular flexibility index (Phi) is 6.85. The topological polar surface area (TPSA) is 37.8 Å². The Bertz CT molecular complexity index is 586. The van der Waals surface area contributed by atoms with Gasteiger partial charge < -0.3 is 5.32 Å². The fourth-order valence-electron chi connectivity index (χ4n) is 1.88. The zero-order valence-electron chi connectivity index (χ0n) is 12.2. The Balaban J connectivity index is 1.91. The molecule has 2 aromatic rings. The van der Waals surface area contributed by atoms with E-state index in [4.69, 9.17) is 11.6 Å². The van der Waals surface area contributed by atoms with Crippen molar-refractivity contribution in [1.29, 1.82) is 0 Å². The van der Waals surface area contributed by atoms with Gasteiger partial charge in [0.15, 0.2) is 0 Å². The lowest BCUT2D eigenvalue weighted by atomic mass is 10.2. The van der Waals surface area contributed by atoms with Crippen molar-refractivity contribution in [3.05, 3.63) is 31.8 Å². The van der Waals surface area contributed by atoms with Crippen LogP contribution in [0.25, 0.3) is 10.6 Å². The molecule has 2 rings (SSSR count). The number of rotatable bonds is 7. The summed E-state index contributed by atoms with van der Waals surface area (Å²) in [6, 6.07) is 5.86. The molecule has 0 unspecified atom stereocenters. The van der Waals surface area contributed by atoms with Crippen LogP contribution in [0.4, 0.5) is 0 Å². The van der Waals surface area contributed by atoms with Crippen LogP contribution in [0.1, 0.15) is 25.3 Å². The van der Waals surface area contributed by atoms with E-state index in [0.29, 0.717) is 5.92 Å². The van der Waals surface area contributed by atoms with E-state index in [1.54, 1.807) is 11.3 Å². The van der Waals surface area contributed by atoms with Crippen LogP contribution in [0.5, 0.6) is 0 Å². The van der Waals surface area contributed by atoms with Gasteiger partial charge in [0.25, 0.3) is 0 Å². The normalized spacial score (nSPS) is 11.3. The van der Waals surface area contributed by atoms with Crippen LogP contribution in [-0.4, -0.2) is 23.3 Å². The van der Waals surface area contributed by atoms with Crippen LogP contribution in [0.2, 0.25) is 5.02 Å². The summed E-state index contributed by atoms with van der Waals surface area (Å²) >= 11 is 10.0. The molecular formula is C15H19ClIN3S. The van der Waals surface area contributed by atoms with E-state index in [2.05, 4.69) is 52.0 Å². The van der Waals surface area contributed by atoms with Crippen molar-refractivity contribution in [3.63, 3.8) is 0 Å². The number of nitrogens with zero attached hydrogens (tertiary/aromatic N) is 2. The zero-order valence-corrected chi connectivity index (χ0v) is 15.9. The number of hydrogen-bond acceptors (Lipinski definition) is 4. The van der Waals surface area contributed by atoms with Crippen LogP contribution in [0.15, 0.2) is 18.2 Å². The number of hydrogen-bond donors (Lipinski definition) is 1. The summed E-state index contributed by atoms with van der Waals surface area (Å²) in [4.78, 5) is 0. The quantitative estimate of drug-likeness (QED) is 0.508. The average molecular weight is 436 g/mol. The first-order chi connectivity index (χ1) is 10.1. The molecule has 0 aliphatic carbocycles. The van der Waals surface area contributed by atoms with Crippen LogP contribution >= 0.6 is 45.5 Å². The van der Waals surface area contributed by atoms with Crippen molar-refractivity contribution < 1.29 is 0 Å². The van der Waals surface area contributed by atoms with Gasteiger partial charge in [-0.25, -0.2) is 0 Å². The lowest BCUT2D eigenvalue weighted by molar-refractivity contribution is 0.542. The third kappa shape index (κ3) is 5.47. The Morgan fingerprint density at radius 1 is 1.33 bits per heavy atom. The monoisotopic (exact) mass is 435 g/mol. The van der Waals surface area contributed by atoms with Gasteiger partial charge in [-0.1, -0.05) is 36.8 Å². The van der Waals surface area contributed by atoms with Gasteiger partial charge in [0.05, 0.1) is 0 Å². The Morgan fingerprint density at radius 2 is 2.14 bits per heavy atom. The van der Waals surface area contributed by atoms with E-state index in [1.165, 1.54) is 0 Å². The molecule has 1 heterocycles. The Morgan fingerprint density at radius 3 is 2.90 bits per heavy atom. The highest BCUT2D eigenvalue weighted by Gasteiger charge is 2.10. The molecule has 0 spiro atoms. The fraction of sp³-hybridized carbons (Fsp3) is 0.467. The molecule has 0 radical (unpaired) electrons. The fourth-order valence-corrected chi connectivity index (χ4v) is 3.74. The van der Waals surface area contributed by atoms with Gasteiger partial charge in [0.1, 0.15) is 10.0 Å². The lowest BCUT2D eigenvalue weighted by Gasteiger charge is -2.05. The van der Waals surface area contributed by atoms with Crippen LogP contribution in [-0.2, 0) is 6.42 Å². The van der Waals surface area contributed by atoms with Crippen LogP contribution < -0.4 is 5.32 Å². The van der Waals surface area contributed by atoms with Gasteiger partial charge in [-0.05, 0) is 66.2 Å². The summed E-state index contributed by atoms with van der Waals surface area (Å²) < 4.78 is 1.15. The molecule has 0 aliphatic heterocycles. The summed E-state index contributed by atoms with van der Waals surface area (Å²) in [5.41, 5.74) is 1.07. The van der Waals surface area contributed by atoms with Gasteiger partial charge >= 0.3 is 0 Å².